The Kier molecular flexibility index (Phi) is 2.63. The molecule has 0 aromatic carbocycles. The van der Waals surface area contributed by atoms with Crippen molar-refractivity contribution in [2.75, 3.05) is 0 Å². The third-order valence-electron chi connectivity index (χ3n) is 1.57. The van der Waals surface area contributed by atoms with Crippen LogP contribution in [0.15, 0.2) is 17.9 Å². The van der Waals surface area contributed by atoms with Crippen LogP contribution in [0, 0.1) is 0 Å². The van der Waals surface area contributed by atoms with E-state index in [1.807, 2.05) is 11.5 Å². The third kappa shape index (κ3) is 1.37. The van der Waals surface area contributed by atoms with Gasteiger partial charge in [-0.25, -0.2) is 9.98 Å². The van der Waals surface area contributed by atoms with E-state index in [0.717, 1.165) is 18.1 Å². The average molecular weight is 164 g/mol. The number of nitrogens with zero attached hydrogens (tertiary/aromatic N) is 3. The highest BCUT2D eigenvalue weighted by atomic mass is 15.1. The zero-order valence-electron chi connectivity index (χ0n) is 7.07. The van der Waals surface area contributed by atoms with Crippen molar-refractivity contribution in [1.82, 2.24) is 9.55 Å². The molecule has 0 aliphatic rings. The molecule has 0 spiro atoms. The molecule has 0 fully saturated rings. The first kappa shape index (κ1) is 8.52. The first-order valence-corrected chi connectivity index (χ1v) is 3.75. The monoisotopic (exact) mass is 164 g/mol. The van der Waals surface area contributed by atoms with Crippen LogP contribution in [-0.2, 0) is 6.54 Å². The molecule has 0 aliphatic heterocycles. The molecule has 4 nitrogen and oxygen atoms in total. The van der Waals surface area contributed by atoms with Gasteiger partial charge in [-0.3, -0.25) is 0 Å². The molecule has 64 valence electrons. The maximum atomic E-state index is 5.20. The van der Waals surface area contributed by atoms with Gasteiger partial charge in [0.15, 0.2) is 5.82 Å². The van der Waals surface area contributed by atoms with Crippen LogP contribution < -0.4 is 5.73 Å². The first-order valence-electron chi connectivity index (χ1n) is 3.75. The number of nitrogens with two attached hydrogens (primary N) is 1. The normalized spacial score (nSPS) is 10.8. The van der Waals surface area contributed by atoms with Gasteiger partial charge in [-0.05, 0) is 13.0 Å². The molecule has 0 bridgehead atoms. The quantitative estimate of drug-likeness (QED) is 0.538. The number of aryl methyl sites for hydroxylation is 1. The highest BCUT2D eigenvalue weighted by Crippen LogP contribution is 2.17. The number of hydrogen-bond acceptors (Lipinski definition) is 2. The summed E-state index contributed by atoms with van der Waals surface area (Å²) < 4.78 is 1.90. The predicted molar refractivity (Wildman–Crippen MR) is 50.3 cm³/mol. The Balaban J connectivity index is 3.15. The van der Waals surface area contributed by atoms with Crippen molar-refractivity contribution in [3.05, 3.63) is 18.6 Å². The lowest BCUT2D eigenvalue weighted by Gasteiger charge is -1.98. The van der Waals surface area contributed by atoms with Gasteiger partial charge in [0.2, 0.25) is 0 Å². The molecule has 1 heterocycles. The summed E-state index contributed by atoms with van der Waals surface area (Å²) in [6.45, 7) is 6.48. The maximum absolute atomic E-state index is 5.20. The fourth-order valence-corrected chi connectivity index (χ4v) is 0.978. The Morgan fingerprint density at radius 3 is 3.08 bits per heavy atom. The van der Waals surface area contributed by atoms with Gasteiger partial charge in [0, 0.05) is 6.54 Å². The van der Waals surface area contributed by atoms with Gasteiger partial charge in [-0.1, -0.05) is 6.58 Å². The highest BCUT2D eigenvalue weighted by molar-refractivity contribution is 5.63. The van der Waals surface area contributed by atoms with Gasteiger partial charge >= 0.3 is 0 Å². The summed E-state index contributed by atoms with van der Waals surface area (Å²) in [5, 5.41) is 0. The number of hydrogen-bond donors (Lipinski definition) is 1. The molecule has 12 heavy (non-hydrogen) atoms. The molecule has 0 atom stereocenters. The summed E-state index contributed by atoms with van der Waals surface area (Å²) in [6.07, 6.45) is 4.64. The standard InChI is InChI=1S/C8H12N4/c1-3-7-8(10-5-9)12(4-2)6-11-7/h3,5-6H,1,4H2,2H3,(H2,9,10). The Morgan fingerprint density at radius 1 is 1.83 bits per heavy atom. The van der Waals surface area contributed by atoms with E-state index in [0.29, 0.717) is 0 Å². The molecule has 0 aliphatic carbocycles. The lowest BCUT2D eigenvalue weighted by molar-refractivity contribution is 0.764. The molecule has 0 saturated heterocycles. The van der Waals surface area contributed by atoms with Crippen LogP contribution in [0.1, 0.15) is 12.6 Å². The van der Waals surface area contributed by atoms with E-state index in [2.05, 4.69) is 16.6 Å². The highest BCUT2D eigenvalue weighted by Gasteiger charge is 2.03. The topological polar surface area (TPSA) is 56.2 Å². The van der Waals surface area contributed by atoms with E-state index in [9.17, 15) is 0 Å². The Bertz CT molecular complexity index is 298. The van der Waals surface area contributed by atoms with Gasteiger partial charge in [0.1, 0.15) is 5.69 Å². The van der Waals surface area contributed by atoms with E-state index >= 15 is 0 Å². The van der Waals surface area contributed by atoms with Crippen molar-refractivity contribution in [3.8, 4) is 0 Å². The summed E-state index contributed by atoms with van der Waals surface area (Å²) in [5.74, 6) is 0.759. The zero-order valence-corrected chi connectivity index (χ0v) is 7.07. The van der Waals surface area contributed by atoms with Crippen molar-refractivity contribution in [2.24, 2.45) is 10.7 Å². The second kappa shape index (κ2) is 3.71. The molecule has 0 unspecified atom stereocenters. The first-order chi connectivity index (χ1) is 5.83. The molecule has 1 aromatic heterocycles. The minimum Gasteiger partial charge on any atom is -0.390 e. The van der Waals surface area contributed by atoms with Gasteiger partial charge < -0.3 is 10.3 Å². The second-order valence-electron chi connectivity index (χ2n) is 2.22. The lowest BCUT2D eigenvalue weighted by atomic mass is 10.4. The summed E-state index contributed by atoms with van der Waals surface area (Å²) in [6, 6.07) is 0. The fraction of sp³-hybridized carbons (Fsp3) is 0.250. The number of rotatable bonds is 3. The fourth-order valence-electron chi connectivity index (χ4n) is 0.978. The molecule has 2 N–H and O–H groups in total. The molecular formula is C8H12N4. The van der Waals surface area contributed by atoms with Crippen molar-refractivity contribution in [3.63, 3.8) is 0 Å². The third-order valence-corrected chi connectivity index (χ3v) is 1.57. The largest absolute Gasteiger partial charge is 0.390 e. The van der Waals surface area contributed by atoms with Gasteiger partial charge in [-0.15, -0.1) is 0 Å². The molecule has 1 rings (SSSR count). The van der Waals surface area contributed by atoms with Crippen LogP contribution in [0.3, 0.4) is 0 Å². The van der Waals surface area contributed by atoms with Crippen LogP contribution in [0.25, 0.3) is 6.08 Å². The van der Waals surface area contributed by atoms with Gasteiger partial charge in [-0.2, -0.15) is 0 Å². The summed E-state index contributed by atoms with van der Waals surface area (Å²) in [7, 11) is 0. The van der Waals surface area contributed by atoms with Crippen LogP contribution in [0.5, 0.6) is 0 Å². The average Bonchev–Trinajstić information content (AvgIpc) is 2.48. The Morgan fingerprint density at radius 2 is 2.58 bits per heavy atom. The Hall–Kier alpha value is -1.58. The van der Waals surface area contributed by atoms with Crippen LogP contribution in [-0.4, -0.2) is 15.9 Å². The van der Waals surface area contributed by atoms with E-state index < -0.39 is 0 Å². The molecule has 4 heteroatoms. The van der Waals surface area contributed by atoms with Gasteiger partial charge in [0.05, 0.1) is 12.7 Å². The lowest BCUT2D eigenvalue weighted by Crippen LogP contribution is -1.93. The molecule has 1 aromatic rings. The summed E-state index contributed by atoms with van der Waals surface area (Å²) in [4.78, 5) is 8.09. The van der Waals surface area contributed by atoms with Crippen LogP contribution in [0.4, 0.5) is 5.82 Å². The molecule has 0 radical (unpaired) electrons. The molecular weight excluding hydrogens is 152 g/mol. The smallest absolute Gasteiger partial charge is 0.161 e. The van der Waals surface area contributed by atoms with Gasteiger partial charge in [0.25, 0.3) is 0 Å². The molecule has 0 saturated carbocycles. The minimum atomic E-state index is 0.759. The van der Waals surface area contributed by atoms with E-state index in [4.69, 9.17) is 5.73 Å². The van der Waals surface area contributed by atoms with E-state index in [1.165, 1.54) is 6.34 Å². The van der Waals surface area contributed by atoms with Crippen LogP contribution in [0.2, 0.25) is 0 Å². The van der Waals surface area contributed by atoms with Crippen molar-refractivity contribution < 1.29 is 0 Å². The van der Waals surface area contributed by atoms with Crippen LogP contribution >= 0.6 is 0 Å². The Labute approximate surface area is 71.4 Å². The van der Waals surface area contributed by atoms with Crippen molar-refractivity contribution in [1.29, 1.82) is 0 Å². The second-order valence-corrected chi connectivity index (χ2v) is 2.22. The summed E-state index contributed by atoms with van der Waals surface area (Å²) >= 11 is 0. The number of aliphatic imine (C=N–C) groups is 1. The molecule has 0 amide bonds. The van der Waals surface area contributed by atoms with Crippen molar-refractivity contribution in [2.45, 2.75) is 13.5 Å². The number of aromatic nitrogens is 2. The van der Waals surface area contributed by atoms with E-state index in [1.54, 1.807) is 12.4 Å². The van der Waals surface area contributed by atoms with E-state index in [-0.39, 0.29) is 0 Å². The minimum absolute atomic E-state index is 0.759. The SMILES string of the molecule is C=Cc1ncn(CC)c1/N=C\N. The summed E-state index contributed by atoms with van der Waals surface area (Å²) in [5.41, 5.74) is 5.96. The van der Waals surface area contributed by atoms with Crippen molar-refractivity contribution >= 4 is 18.2 Å². The maximum Gasteiger partial charge on any atom is 0.161 e. The number of imidazole rings is 1. The predicted octanol–water partition coefficient (Wildman–Crippen LogP) is 1.16. The zero-order chi connectivity index (χ0) is 8.97.